The molecule has 1 spiro atoms. The number of carbonyl (C=O) groups is 3. The predicted octanol–water partition coefficient (Wildman–Crippen LogP) is 0.197. The fourth-order valence-electron chi connectivity index (χ4n) is 5.76. The second kappa shape index (κ2) is 8.20. The van der Waals surface area contributed by atoms with Gasteiger partial charge in [-0.2, -0.15) is 0 Å². The third-order valence-corrected chi connectivity index (χ3v) is 7.27. The first-order chi connectivity index (χ1) is 15.4. The van der Waals surface area contributed by atoms with E-state index in [0.29, 0.717) is 52.0 Å². The van der Waals surface area contributed by atoms with Crippen molar-refractivity contribution in [1.29, 1.82) is 0 Å². The van der Waals surface area contributed by atoms with Crippen LogP contribution in [0.1, 0.15) is 31.2 Å². The van der Waals surface area contributed by atoms with Crippen LogP contribution in [0, 0.1) is 5.82 Å². The minimum atomic E-state index is -0.827. The van der Waals surface area contributed by atoms with E-state index >= 15 is 0 Å². The van der Waals surface area contributed by atoms with Crippen LogP contribution < -0.4 is 0 Å². The first-order valence-corrected chi connectivity index (χ1v) is 11.4. The van der Waals surface area contributed by atoms with E-state index in [0.717, 1.165) is 18.5 Å². The van der Waals surface area contributed by atoms with Crippen molar-refractivity contribution >= 4 is 17.7 Å². The van der Waals surface area contributed by atoms with E-state index < -0.39 is 17.7 Å². The minimum Gasteiger partial charge on any atom is -0.392 e. The third-order valence-electron chi connectivity index (χ3n) is 7.27. The molecule has 4 heterocycles. The average molecular weight is 445 g/mol. The van der Waals surface area contributed by atoms with Crippen molar-refractivity contribution < 1.29 is 23.9 Å². The van der Waals surface area contributed by atoms with E-state index in [2.05, 4.69) is 4.90 Å². The summed E-state index contributed by atoms with van der Waals surface area (Å²) >= 11 is 0. The second-order valence-electron chi connectivity index (χ2n) is 9.50. The minimum absolute atomic E-state index is 0.134. The topological polar surface area (TPSA) is 84.4 Å². The average Bonchev–Trinajstić information content (AvgIpc) is 3.32. The number of piperazine rings is 1. The number of rotatable bonds is 6. The van der Waals surface area contributed by atoms with Crippen molar-refractivity contribution in [2.45, 2.75) is 49.9 Å². The lowest BCUT2D eigenvalue weighted by molar-refractivity contribution is -0.180. The number of aliphatic hydroxyl groups excluding tert-OH is 1. The summed E-state index contributed by atoms with van der Waals surface area (Å²) in [5.74, 6) is -0.609. The molecule has 1 aromatic rings. The zero-order valence-electron chi connectivity index (χ0n) is 18.1. The number of nitrogens with zero attached hydrogens (tertiary/aromatic N) is 4. The van der Waals surface area contributed by atoms with Crippen LogP contribution in [0.5, 0.6) is 0 Å². The predicted molar refractivity (Wildman–Crippen MR) is 113 cm³/mol. The van der Waals surface area contributed by atoms with Crippen LogP contribution in [0.4, 0.5) is 4.39 Å². The summed E-state index contributed by atoms with van der Waals surface area (Å²) in [6.45, 7) is 3.30. The maximum absolute atomic E-state index is 13.5. The number of hydrogen-bond donors (Lipinski definition) is 1. The Balaban J connectivity index is 1.28. The fraction of sp³-hybridized carbons (Fsp3) is 0.609. The van der Waals surface area contributed by atoms with Crippen LogP contribution in [-0.4, -0.2) is 99.4 Å². The van der Waals surface area contributed by atoms with Gasteiger partial charge >= 0.3 is 0 Å². The molecule has 8 nitrogen and oxygen atoms in total. The molecule has 4 saturated heterocycles. The normalized spacial score (nSPS) is 28.0. The molecule has 172 valence electrons. The van der Waals surface area contributed by atoms with Gasteiger partial charge in [-0.3, -0.25) is 29.1 Å². The summed E-state index contributed by atoms with van der Waals surface area (Å²) in [7, 11) is 0. The Morgan fingerprint density at radius 2 is 1.97 bits per heavy atom. The van der Waals surface area contributed by atoms with E-state index in [-0.39, 0.29) is 30.1 Å². The van der Waals surface area contributed by atoms with Gasteiger partial charge in [0.25, 0.3) is 5.91 Å². The van der Waals surface area contributed by atoms with Gasteiger partial charge in [0.2, 0.25) is 11.8 Å². The van der Waals surface area contributed by atoms with Crippen LogP contribution in [-0.2, 0) is 20.9 Å². The number of β-amino-alcohol motifs (C(OH)–C–C–N with tert-alkyl or cyclic N) is 1. The highest BCUT2D eigenvalue weighted by molar-refractivity contribution is 6.06. The number of imide groups is 1. The second-order valence-corrected chi connectivity index (χ2v) is 9.50. The number of carbonyl (C=O) groups excluding carboxylic acids is 3. The third kappa shape index (κ3) is 3.62. The maximum atomic E-state index is 13.5. The molecule has 0 bridgehead atoms. The first kappa shape index (κ1) is 21.5. The largest absolute Gasteiger partial charge is 0.392 e. The molecule has 1 aromatic carbocycles. The summed E-state index contributed by atoms with van der Waals surface area (Å²) in [4.78, 5) is 45.6. The molecule has 0 aliphatic carbocycles. The van der Waals surface area contributed by atoms with Gasteiger partial charge in [0, 0.05) is 52.2 Å². The quantitative estimate of drug-likeness (QED) is 0.631. The number of aliphatic hydroxyl groups is 1. The number of amides is 3. The Morgan fingerprint density at radius 1 is 1.16 bits per heavy atom. The molecule has 0 radical (unpaired) electrons. The summed E-state index contributed by atoms with van der Waals surface area (Å²) in [6, 6.07) is 5.93. The zero-order valence-corrected chi connectivity index (χ0v) is 18.1. The highest BCUT2D eigenvalue weighted by Gasteiger charge is 2.64. The molecule has 3 amide bonds. The number of fused-ring (bicyclic) bond motifs is 2. The Labute approximate surface area is 186 Å². The first-order valence-electron chi connectivity index (χ1n) is 11.4. The van der Waals surface area contributed by atoms with Crippen molar-refractivity contribution in [3.63, 3.8) is 0 Å². The highest BCUT2D eigenvalue weighted by atomic mass is 19.1. The van der Waals surface area contributed by atoms with E-state index in [1.54, 1.807) is 11.0 Å². The molecule has 0 aromatic heterocycles. The van der Waals surface area contributed by atoms with Crippen LogP contribution in [0.25, 0.3) is 0 Å². The van der Waals surface area contributed by atoms with Crippen LogP contribution in [0.3, 0.4) is 0 Å². The summed E-state index contributed by atoms with van der Waals surface area (Å²) < 4.78 is 13.5. The number of likely N-dealkylation sites (tertiary alicyclic amines) is 2. The standard InChI is InChI=1S/C23H29FN4O4/c24-17-5-1-4-16(10-17)12-25-14-23(15-25)22(32)27(9-3-8-26-7-2-6-20(26)30)21(31)19-11-18(29)13-28(19)23/h1,4-5,10,18-19,29H,2-3,6-9,11-15H2/t18-,19+/m1/s1. The molecule has 4 aliphatic heterocycles. The van der Waals surface area contributed by atoms with Crippen LogP contribution in [0.15, 0.2) is 24.3 Å². The molecule has 1 N–H and O–H groups in total. The van der Waals surface area contributed by atoms with E-state index in [1.165, 1.54) is 17.0 Å². The zero-order chi connectivity index (χ0) is 22.5. The van der Waals surface area contributed by atoms with Crippen molar-refractivity contribution in [3.8, 4) is 0 Å². The number of benzene rings is 1. The van der Waals surface area contributed by atoms with Gasteiger partial charge in [-0.1, -0.05) is 12.1 Å². The molecule has 0 saturated carbocycles. The smallest absolute Gasteiger partial charge is 0.252 e. The van der Waals surface area contributed by atoms with Gasteiger partial charge in [0.1, 0.15) is 11.4 Å². The molecular weight excluding hydrogens is 415 g/mol. The Hall–Kier alpha value is -2.36. The lowest BCUT2D eigenvalue weighted by Crippen LogP contribution is -2.81. The van der Waals surface area contributed by atoms with Crippen LogP contribution >= 0.6 is 0 Å². The van der Waals surface area contributed by atoms with Gasteiger partial charge in [-0.05, 0) is 37.0 Å². The van der Waals surface area contributed by atoms with Gasteiger partial charge in [-0.15, -0.1) is 0 Å². The Kier molecular flexibility index (Phi) is 5.51. The van der Waals surface area contributed by atoms with Crippen molar-refractivity contribution in [2.75, 3.05) is 39.3 Å². The molecule has 5 rings (SSSR count). The number of halogens is 1. The molecule has 2 atom stereocenters. The maximum Gasteiger partial charge on any atom is 0.252 e. The van der Waals surface area contributed by atoms with Gasteiger partial charge < -0.3 is 10.0 Å². The van der Waals surface area contributed by atoms with Gasteiger partial charge in [0.05, 0.1) is 12.1 Å². The summed E-state index contributed by atoms with van der Waals surface area (Å²) in [5, 5.41) is 10.3. The van der Waals surface area contributed by atoms with Crippen molar-refractivity contribution in [3.05, 3.63) is 35.6 Å². The summed E-state index contributed by atoms with van der Waals surface area (Å²) in [5.41, 5.74) is 0.0108. The summed E-state index contributed by atoms with van der Waals surface area (Å²) in [6.07, 6.45) is 1.69. The SMILES string of the molecule is O=C1CCCN1CCCN1C(=O)[C@@H]2C[C@@H](O)CN2C2(CN(Cc3cccc(F)c3)C2)C1=O. The molecule has 32 heavy (non-hydrogen) atoms. The van der Waals surface area contributed by atoms with E-state index in [4.69, 9.17) is 0 Å². The molecule has 9 heteroatoms. The molecule has 4 fully saturated rings. The van der Waals surface area contributed by atoms with E-state index in [1.807, 2.05) is 11.0 Å². The lowest BCUT2D eigenvalue weighted by atomic mass is 9.82. The molecule has 4 aliphatic rings. The Morgan fingerprint density at radius 3 is 2.69 bits per heavy atom. The lowest BCUT2D eigenvalue weighted by Gasteiger charge is -2.58. The molecular formula is C23H29FN4O4. The van der Waals surface area contributed by atoms with Crippen LogP contribution in [0.2, 0.25) is 0 Å². The Bertz CT molecular complexity index is 934. The van der Waals surface area contributed by atoms with Crippen molar-refractivity contribution in [1.82, 2.24) is 19.6 Å². The highest BCUT2D eigenvalue weighted by Crippen LogP contribution is 2.41. The van der Waals surface area contributed by atoms with Crippen molar-refractivity contribution in [2.24, 2.45) is 0 Å². The van der Waals surface area contributed by atoms with E-state index in [9.17, 15) is 23.9 Å². The monoisotopic (exact) mass is 444 g/mol. The fourth-order valence-corrected chi connectivity index (χ4v) is 5.76. The molecule has 0 unspecified atom stereocenters. The number of hydrogen-bond acceptors (Lipinski definition) is 6. The van der Waals surface area contributed by atoms with Gasteiger partial charge in [0.15, 0.2) is 0 Å². The van der Waals surface area contributed by atoms with Gasteiger partial charge in [-0.25, -0.2) is 4.39 Å².